The number of rotatable bonds is 7. The summed E-state index contributed by atoms with van der Waals surface area (Å²) in [4.78, 5) is 21.6. The predicted octanol–water partition coefficient (Wildman–Crippen LogP) is 2.77. The topological polar surface area (TPSA) is 64.6 Å². The van der Waals surface area contributed by atoms with Crippen molar-refractivity contribution in [1.29, 1.82) is 0 Å². The number of methoxy groups -OCH3 is 1. The molecule has 0 radical (unpaired) electrons. The molecule has 0 bridgehead atoms. The van der Waals surface area contributed by atoms with Gasteiger partial charge < -0.3 is 9.47 Å². The lowest BCUT2D eigenvalue weighted by molar-refractivity contribution is -0.116. The van der Waals surface area contributed by atoms with Gasteiger partial charge in [-0.1, -0.05) is 0 Å². The summed E-state index contributed by atoms with van der Waals surface area (Å²) in [5.74, 6) is 0.238. The minimum atomic E-state index is -1.23. The van der Waals surface area contributed by atoms with Crippen LogP contribution in [0, 0.1) is 5.82 Å². The minimum absolute atomic E-state index is 0.0314. The molecule has 3 rings (SSSR count). The number of likely N-dealkylation sites (tertiary alicyclic amines) is 1. The van der Waals surface area contributed by atoms with Crippen molar-refractivity contribution in [2.24, 2.45) is 0 Å². The van der Waals surface area contributed by atoms with Crippen LogP contribution < -0.4 is 9.47 Å². The van der Waals surface area contributed by atoms with E-state index >= 15 is 0 Å². The first kappa shape index (κ1) is 18.7. The van der Waals surface area contributed by atoms with Gasteiger partial charge >= 0.3 is 0 Å². The van der Waals surface area contributed by atoms with E-state index in [1.54, 1.807) is 0 Å². The average molecular weight is 383 g/mol. The van der Waals surface area contributed by atoms with Crippen molar-refractivity contribution in [3.05, 3.63) is 34.0 Å². The fraction of sp³-hybridized carbons (Fsp3) is 0.471. The Hall–Kier alpha value is -2.13. The molecular formula is C17H19F2N3O3S. The third-order valence-electron chi connectivity index (χ3n) is 3.98. The molecule has 0 spiro atoms. The van der Waals surface area contributed by atoms with Gasteiger partial charge in [-0.15, -0.1) is 11.3 Å². The van der Waals surface area contributed by atoms with E-state index in [4.69, 9.17) is 9.47 Å². The van der Waals surface area contributed by atoms with Crippen molar-refractivity contribution in [3.8, 4) is 11.8 Å². The highest BCUT2D eigenvalue weighted by molar-refractivity contribution is 7.12. The number of hydrogen-bond acceptors (Lipinski definition) is 7. The molecule has 1 aliphatic rings. The van der Waals surface area contributed by atoms with Crippen molar-refractivity contribution in [2.45, 2.75) is 38.7 Å². The average Bonchev–Trinajstić information content (AvgIpc) is 3.09. The van der Waals surface area contributed by atoms with E-state index in [2.05, 4.69) is 9.97 Å². The second-order valence-corrected chi connectivity index (χ2v) is 7.32. The smallest absolute Gasteiger partial charge is 0.220 e. The van der Waals surface area contributed by atoms with Crippen LogP contribution >= 0.6 is 11.3 Å². The minimum Gasteiger partial charge on any atom is -0.481 e. The van der Waals surface area contributed by atoms with E-state index < -0.39 is 18.2 Å². The first-order chi connectivity index (χ1) is 12.4. The van der Waals surface area contributed by atoms with Crippen LogP contribution in [0.1, 0.15) is 23.1 Å². The van der Waals surface area contributed by atoms with Crippen LogP contribution in [-0.4, -0.2) is 46.7 Å². The number of hydrogen-bond donors (Lipinski definition) is 0. The van der Waals surface area contributed by atoms with E-state index in [1.165, 1.54) is 48.7 Å². The molecule has 2 aromatic heterocycles. The number of carbonyl (C=O) groups is 1. The summed E-state index contributed by atoms with van der Waals surface area (Å²) in [5, 5.41) is 0. The van der Waals surface area contributed by atoms with Crippen LogP contribution in [0.5, 0.6) is 11.8 Å². The zero-order chi connectivity index (χ0) is 18.7. The van der Waals surface area contributed by atoms with E-state index in [1.807, 2.05) is 0 Å². The molecule has 0 unspecified atom stereocenters. The Morgan fingerprint density at radius 3 is 2.88 bits per heavy atom. The van der Waals surface area contributed by atoms with Crippen LogP contribution in [0.4, 0.5) is 8.78 Å². The molecular weight excluding hydrogens is 364 g/mol. The third-order valence-corrected chi connectivity index (χ3v) is 5.08. The Kier molecular flexibility index (Phi) is 5.77. The molecule has 6 nitrogen and oxygen atoms in total. The fourth-order valence-electron chi connectivity index (χ4n) is 2.82. The highest BCUT2D eigenvalue weighted by atomic mass is 32.1. The van der Waals surface area contributed by atoms with Crippen molar-refractivity contribution in [1.82, 2.24) is 14.9 Å². The number of thiophene rings is 1. The van der Waals surface area contributed by atoms with Gasteiger partial charge in [0.2, 0.25) is 11.8 Å². The number of Topliss-reactive ketones (excluding diaryl/α,β-unsaturated/α-hetero) is 1. The molecule has 140 valence electrons. The van der Waals surface area contributed by atoms with E-state index in [0.29, 0.717) is 28.1 Å². The zero-order valence-electron chi connectivity index (χ0n) is 14.4. The molecule has 0 aromatic carbocycles. The molecule has 2 aromatic rings. The van der Waals surface area contributed by atoms with Crippen LogP contribution in [0.3, 0.4) is 0 Å². The van der Waals surface area contributed by atoms with Gasteiger partial charge in [-0.05, 0) is 13.0 Å². The zero-order valence-corrected chi connectivity index (χ0v) is 15.3. The summed E-state index contributed by atoms with van der Waals surface area (Å²) < 4.78 is 39.1. The number of nitrogens with zero attached hydrogens (tertiary/aromatic N) is 3. The largest absolute Gasteiger partial charge is 0.481 e. The highest BCUT2D eigenvalue weighted by Gasteiger charge is 2.34. The monoisotopic (exact) mass is 383 g/mol. The first-order valence-electron chi connectivity index (χ1n) is 8.12. The number of halogens is 2. The Morgan fingerprint density at radius 1 is 1.38 bits per heavy atom. The Morgan fingerprint density at radius 2 is 2.15 bits per heavy atom. The van der Waals surface area contributed by atoms with Crippen LogP contribution in [-0.2, 0) is 17.8 Å². The van der Waals surface area contributed by atoms with Gasteiger partial charge in [0.05, 0.1) is 18.1 Å². The Bertz CT molecular complexity index is 786. The van der Waals surface area contributed by atoms with Crippen molar-refractivity contribution in [3.63, 3.8) is 0 Å². The maximum absolute atomic E-state index is 14.3. The third kappa shape index (κ3) is 4.53. The van der Waals surface area contributed by atoms with E-state index in [-0.39, 0.29) is 25.2 Å². The lowest BCUT2D eigenvalue weighted by Crippen LogP contribution is -2.27. The fourth-order valence-corrected chi connectivity index (χ4v) is 3.96. The van der Waals surface area contributed by atoms with Crippen LogP contribution in [0.15, 0.2) is 18.5 Å². The maximum atomic E-state index is 14.3. The van der Waals surface area contributed by atoms with Crippen molar-refractivity contribution < 1.29 is 23.0 Å². The molecule has 0 N–H and O–H groups in total. The predicted molar refractivity (Wildman–Crippen MR) is 91.6 cm³/mol. The van der Waals surface area contributed by atoms with Crippen LogP contribution in [0.2, 0.25) is 0 Å². The standard InChI is InChI=1S/C17H19F2N3O3S/c1-10(23)3-12-5-13(18)14(26-12)8-22-7-11(4-15(22)19)25-17-6-16(24-2)20-9-21-17/h5-6,9,11,15H,3-4,7-8H2,1-2H3/t11-,15-/m1/s1. The highest BCUT2D eigenvalue weighted by Crippen LogP contribution is 2.29. The molecule has 26 heavy (non-hydrogen) atoms. The van der Waals surface area contributed by atoms with Crippen molar-refractivity contribution in [2.75, 3.05) is 13.7 Å². The Balaban J connectivity index is 1.62. The first-order valence-corrected chi connectivity index (χ1v) is 8.93. The maximum Gasteiger partial charge on any atom is 0.220 e. The summed E-state index contributed by atoms with van der Waals surface area (Å²) in [6.45, 7) is 1.91. The summed E-state index contributed by atoms with van der Waals surface area (Å²) in [6, 6.07) is 2.88. The van der Waals surface area contributed by atoms with Gasteiger partial charge in [0.25, 0.3) is 0 Å². The van der Waals surface area contributed by atoms with Crippen molar-refractivity contribution >= 4 is 17.1 Å². The second-order valence-electron chi connectivity index (χ2n) is 6.10. The number of aromatic nitrogens is 2. The SMILES string of the molecule is COc1cc(O[C@@H]2C[C@H](F)N(Cc3sc(CC(C)=O)cc3F)C2)ncn1. The number of alkyl halides is 1. The molecule has 1 fully saturated rings. The normalized spacial score (nSPS) is 20.3. The molecule has 0 amide bonds. The summed E-state index contributed by atoms with van der Waals surface area (Å²) in [6.07, 6.45) is 0.0400. The number of ether oxygens (including phenoxy) is 2. The number of carbonyl (C=O) groups excluding carboxylic acids is 1. The van der Waals surface area contributed by atoms with Gasteiger partial charge in [0.1, 0.15) is 24.0 Å². The summed E-state index contributed by atoms with van der Waals surface area (Å²) in [7, 11) is 1.48. The van der Waals surface area contributed by atoms with E-state index in [0.717, 1.165) is 0 Å². The van der Waals surface area contributed by atoms with Gasteiger partial charge in [-0.25, -0.2) is 18.7 Å². The molecule has 9 heteroatoms. The van der Waals surface area contributed by atoms with Gasteiger partial charge in [-0.2, -0.15) is 0 Å². The molecule has 3 heterocycles. The van der Waals surface area contributed by atoms with E-state index in [9.17, 15) is 13.6 Å². The lowest BCUT2D eigenvalue weighted by Gasteiger charge is -2.17. The lowest BCUT2D eigenvalue weighted by atomic mass is 10.2. The molecule has 1 saturated heterocycles. The summed E-state index contributed by atoms with van der Waals surface area (Å²) >= 11 is 1.20. The van der Waals surface area contributed by atoms with Gasteiger partial charge in [0, 0.05) is 30.8 Å². The number of ketones is 1. The van der Waals surface area contributed by atoms with Gasteiger partial charge in [0.15, 0.2) is 6.30 Å². The molecule has 1 aliphatic heterocycles. The van der Waals surface area contributed by atoms with Gasteiger partial charge in [-0.3, -0.25) is 9.69 Å². The summed E-state index contributed by atoms with van der Waals surface area (Å²) in [5.41, 5.74) is 0. The quantitative estimate of drug-likeness (QED) is 0.685. The second kappa shape index (κ2) is 8.05. The molecule has 0 saturated carbocycles. The van der Waals surface area contributed by atoms with Crippen LogP contribution in [0.25, 0.3) is 0 Å². The molecule has 0 aliphatic carbocycles. The Labute approximate surface area is 153 Å². The molecule has 2 atom stereocenters.